The Morgan fingerprint density at radius 3 is 2.24 bits per heavy atom. The van der Waals surface area contributed by atoms with E-state index in [2.05, 4.69) is 10.6 Å². The van der Waals surface area contributed by atoms with Crippen molar-refractivity contribution in [2.24, 2.45) is 11.8 Å². The molecule has 1 aliphatic rings. The molecule has 0 heterocycles. The minimum atomic E-state index is -0.925. The van der Waals surface area contributed by atoms with Crippen molar-refractivity contribution < 1.29 is 19.5 Å². The van der Waals surface area contributed by atoms with Crippen LogP contribution in [0, 0.1) is 11.8 Å². The van der Waals surface area contributed by atoms with Crippen LogP contribution in [-0.4, -0.2) is 55.1 Å². The number of urea groups is 1. The third-order valence-corrected chi connectivity index (χ3v) is 2.55. The van der Waals surface area contributed by atoms with Crippen LogP contribution in [0.3, 0.4) is 0 Å². The van der Waals surface area contributed by atoms with Crippen molar-refractivity contribution in [2.75, 3.05) is 27.2 Å². The van der Waals surface area contributed by atoms with Gasteiger partial charge in [-0.1, -0.05) is 0 Å². The van der Waals surface area contributed by atoms with Crippen LogP contribution in [-0.2, 0) is 9.59 Å². The van der Waals surface area contributed by atoms with Gasteiger partial charge in [0.25, 0.3) is 0 Å². The maximum Gasteiger partial charge on any atom is 0.316 e. The summed E-state index contributed by atoms with van der Waals surface area (Å²) in [6.45, 7) is 0.633. The first kappa shape index (κ1) is 13.3. The Hall–Kier alpha value is -1.79. The average Bonchev–Trinajstić information content (AvgIpc) is 3.03. The zero-order valence-electron chi connectivity index (χ0n) is 9.90. The molecular weight excluding hydrogens is 226 g/mol. The number of hydrogen-bond donors (Lipinski definition) is 3. The molecule has 1 rings (SSSR count). The number of hydrogen-bond acceptors (Lipinski definition) is 3. The highest BCUT2D eigenvalue weighted by Crippen LogP contribution is 2.38. The van der Waals surface area contributed by atoms with Gasteiger partial charge in [-0.25, -0.2) is 4.79 Å². The molecule has 3 amide bonds. The molecule has 7 heteroatoms. The Morgan fingerprint density at radius 2 is 1.76 bits per heavy atom. The van der Waals surface area contributed by atoms with Crippen LogP contribution >= 0.6 is 0 Å². The van der Waals surface area contributed by atoms with Gasteiger partial charge in [-0.3, -0.25) is 9.59 Å². The van der Waals surface area contributed by atoms with Crippen molar-refractivity contribution in [1.82, 2.24) is 15.5 Å². The molecule has 2 atom stereocenters. The summed E-state index contributed by atoms with van der Waals surface area (Å²) in [5.74, 6) is -2.12. The molecule has 96 valence electrons. The van der Waals surface area contributed by atoms with Crippen LogP contribution in [0.25, 0.3) is 0 Å². The summed E-state index contributed by atoms with van der Waals surface area (Å²) < 4.78 is 0. The van der Waals surface area contributed by atoms with Crippen LogP contribution in [0.4, 0.5) is 4.79 Å². The predicted molar refractivity (Wildman–Crippen MR) is 59.3 cm³/mol. The van der Waals surface area contributed by atoms with E-state index < -0.39 is 17.8 Å². The lowest BCUT2D eigenvalue weighted by Crippen LogP contribution is -2.40. The van der Waals surface area contributed by atoms with E-state index in [1.165, 1.54) is 4.90 Å². The standard InChI is InChI=1S/C10H17N3O4/c1-13(2)10(17)12-4-3-11-8(14)6-5-7(6)9(15)16/h6-7H,3-5H2,1-2H3,(H,11,14)(H,12,17)(H,15,16). The van der Waals surface area contributed by atoms with Crippen molar-refractivity contribution in [3.8, 4) is 0 Å². The third kappa shape index (κ3) is 3.93. The van der Waals surface area contributed by atoms with E-state index in [1.54, 1.807) is 14.1 Å². The summed E-state index contributed by atoms with van der Waals surface area (Å²) in [4.78, 5) is 34.4. The van der Waals surface area contributed by atoms with E-state index in [9.17, 15) is 14.4 Å². The molecule has 7 nitrogen and oxygen atoms in total. The lowest BCUT2D eigenvalue weighted by molar-refractivity contribution is -0.140. The molecule has 3 N–H and O–H groups in total. The number of carbonyl (C=O) groups excluding carboxylic acids is 2. The maximum absolute atomic E-state index is 11.4. The van der Waals surface area contributed by atoms with Gasteiger partial charge in [-0.2, -0.15) is 0 Å². The highest BCUT2D eigenvalue weighted by Gasteiger charge is 2.48. The van der Waals surface area contributed by atoms with Gasteiger partial charge in [0, 0.05) is 27.2 Å². The molecule has 0 radical (unpaired) electrons. The first-order valence-electron chi connectivity index (χ1n) is 5.39. The number of nitrogens with zero attached hydrogens (tertiary/aromatic N) is 1. The van der Waals surface area contributed by atoms with E-state index in [1.807, 2.05) is 0 Å². The Morgan fingerprint density at radius 1 is 1.18 bits per heavy atom. The van der Waals surface area contributed by atoms with Crippen LogP contribution in [0.15, 0.2) is 0 Å². The highest BCUT2D eigenvalue weighted by atomic mass is 16.4. The Labute approximate surface area is 99.2 Å². The van der Waals surface area contributed by atoms with E-state index in [0.717, 1.165) is 0 Å². The lowest BCUT2D eigenvalue weighted by Gasteiger charge is -2.12. The predicted octanol–water partition coefficient (Wildman–Crippen LogP) is -0.905. The second-order valence-corrected chi connectivity index (χ2v) is 4.20. The number of carbonyl (C=O) groups is 3. The van der Waals surface area contributed by atoms with Crippen molar-refractivity contribution in [1.29, 1.82) is 0 Å². The molecule has 2 unspecified atom stereocenters. The molecule has 1 saturated carbocycles. The van der Waals surface area contributed by atoms with E-state index in [4.69, 9.17) is 5.11 Å². The first-order valence-corrected chi connectivity index (χ1v) is 5.39. The fourth-order valence-corrected chi connectivity index (χ4v) is 1.40. The Balaban J connectivity index is 2.10. The summed E-state index contributed by atoms with van der Waals surface area (Å²) in [6.07, 6.45) is 0.408. The van der Waals surface area contributed by atoms with Crippen LogP contribution < -0.4 is 10.6 Å². The van der Waals surface area contributed by atoms with Gasteiger partial charge in [0.15, 0.2) is 0 Å². The molecule has 0 spiro atoms. The number of carboxylic acid groups (broad SMARTS) is 1. The quantitative estimate of drug-likeness (QED) is 0.545. The van der Waals surface area contributed by atoms with Gasteiger partial charge in [-0.05, 0) is 6.42 Å². The molecule has 0 aliphatic heterocycles. The van der Waals surface area contributed by atoms with Crippen molar-refractivity contribution in [3.05, 3.63) is 0 Å². The summed E-state index contributed by atoms with van der Waals surface area (Å²) in [7, 11) is 3.24. The third-order valence-electron chi connectivity index (χ3n) is 2.55. The normalized spacial score (nSPS) is 21.5. The Bertz CT molecular complexity index is 330. The number of rotatable bonds is 5. The number of amides is 3. The van der Waals surface area contributed by atoms with E-state index in [-0.39, 0.29) is 11.9 Å². The monoisotopic (exact) mass is 243 g/mol. The van der Waals surface area contributed by atoms with Crippen LogP contribution in [0.5, 0.6) is 0 Å². The summed E-state index contributed by atoms with van der Waals surface area (Å²) in [6, 6.07) is -0.228. The smallest absolute Gasteiger partial charge is 0.316 e. The molecule has 0 bridgehead atoms. The average molecular weight is 243 g/mol. The van der Waals surface area contributed by atoms with E-state index >= 15 is 0 Å². The molecular formula is C10H17N3O4. The first-order chi connectivity index (χ1) is 7.93. The largest absolute Gasteiger partial charge is 0.481 e. The lowest BCUT2D eigenvalue weighted by atomic mass is 10.3. The summed E-state index contributed by atoms with van der Waals surface area (Å²) >= 11 is 0. The summed E-state index contributed by atoms with van der Waals surface area (Å²) in [5.41, 5.74) is 0. The van der Waals surface area contributed by atoms with Gasteiger partial charge in [0.05, 0.1) is 11.8 Å². The zero-order chi connectivity index (χ0) is 13.0. The number of carboxylic acids is 1. The minimum absolute atomic E-state index is 0.228. The SMILES string of the molecule is CN(C)C(=O)NCCNC(=O)C1CC1C(=O)O. The van der Waals surface area contributed by atoms with Gasteiger partial charge in [-0.15, -0.1) is 0 Å². The fraction of sp³-hybridized carbons (Fsp3) is 0.700. The zero-order valence-corrected chi connectivity index (χ0v) is 9.90. The highest BCUT2D eigenvalue weighted by molar-refractivity contribution is 5.89. The molecule has 0 aromatic heterocycles. The molecule has 0 aromatic carbocycles. The van der Waals surface area contributed by atoms with Gasteiger partial charge < -0.3 is 20.6 Å². The molecule has 1 fully saturated rings. The Kier molecular flexibility index (Phi) is 4.30. The van der Waals surface area contributed by atoms with Crippen LogP contribution in [0.1, 0.15) is 6.42 Å². The second kappa shape index (κ2) is 5.51. The van der Waals surface area contributed by atoms with Crippen molar-refractivity contribution in [3.63, 3.8) is 0 Å². The minimum Gasteiger partial charge on any atom is -0.481 e. The maximum atomic E-state index is 11.4. The molecule has 0 saturated heterocycles. The van der Waals surface area contributed by atoms with Gasteiger partial charge in [0.1, 0.15) is 0 Å². The van der Waals surface area contributed by atoms with Gasteiger partial charge in [0.2, 0.25) is 5.91 Å². The van der Waals surface area contributed by atoms with Crippen LogP contribution in [0.2, 0.25) is 0 Å². The van der Waals surface area contributed by atoms with Crippen molar-refractivity contribution in [2.45, 2.75) is 6.42 Å². The molecule has 0 aromatic rings. The van der Waals surface area contributed by atoms with E-state index in [0.29, 0.717) is 19.5 Å². The molecule has 17 heavy (non-hydrogen) atoms. The molecule has 1 aliphatic carbocycles. The fourth-order valence-electron chi connectivity index (χ4n) is 1.40. The number of aliphatic carboxylic acids is 1. The van der Waals surface area contributed by atoms with Crippen molar-refractivity contribution >= 4 is 17.9 Å². The summed E-state index contributed by atoms with van der Waals surface area (Å²) in [5, 5.41) is 13.8. The van der Waals surface area contributed by atoms with Gasteiger partial charge >= 0.3 is 12.0 Å². The second-order valence-electron chi connectivity index (χ2n) is 4.20. The topological polar surface area (TPSA) is 98.7 Å². The number of nitrogens with one attached hydrogen (secondary N) is 2.